The van der Waals surface area contributed by atoms with Gasteiger partial charge >= 0.3 is 14.7 Å². The minimum Gasteiger partial charge on any atom is -0.330 e. The van der Waals surface area contributed by atoms with E-state index in [1.807, 2.05) is 0 Å². The number of hydrogen-bond donors (Lipinski definition) is 2. The number of unbranched alkanes of at least 4 members (excludes halogenated alkanes) is 1. The number of rotatable bonds is 6. The normalized spacial score (nSPS) is 12.8. The van der Waals surface area contributed by atoms with Crippen LogP contribution in [0.2, 0.25) is 0 Å². The molecule has 70 valence electrons. The summed E-state index contributed by atoms with van der Waals surface area (Å²) in [5, 5.41) is 0. The zero-order valence-electron chi connectivity index (χ0n) is 6.79. The van der Waals surface area contributed by atoms with Crippen LogP contribution in [0.4, 0.5) is 0 Å². The SMILES string of the molecule is NCCCC[C@H](N)C(=O)O[PH+]=O. The Morgan fingerprint density at radius 1 is 1.50 bits per heavy atom. The van der Waals surface area contributed by atoms with Crippen molar-refractivity contribution in [2.24, 2.45) is 11.5 Å². The van der Waals surface area contributed by atoms with Gasteiger partial charge in [0.25, 0.3) is 0 Å². The first kappa shape index (κ1) is 11.5. The van der Waals surface area contributed by atoms with E-state index in [2.05, 4.69) is 4.52 Å². The molecule has 0 saturated carbocycles. The van der Waals surface area contributed by atoms with E-state index in [0.29, 0.717) is 13.0 Å². The molecule has 0 heterocycles. The molecule has 1 unspecified atom stereocenters. The van der Waals surface area contributed by atoms with Crippen LogP contribution in [0.15, 0.2) is 0 Å². The van der Waals surface area contributed by atoms with Gasteiger partial charge in [-0.05, 0) is 24.0 Å². The lowest BCUT2D eigenvalue weighted by molar-refractivity contribution is -0.135. The van der Waals surface area contributed by atoms with Crippen molar-refractivity contribution in [1.29, 1.82) is 0 Å². The minimum absolute atomic E-state index is 0.528. The van der Waals surface area contributed by atoms with Crippen molar-refractivity contribution >= 4 is 14.7 Å². The quantitative estimate of drug-likeness (QED) is 0.454. The third-order valence-electron chi connectivity index (χ3n) is 1.41. The maximum Gasteiger partial charge on any atom is 0.545 e. The second kappa shape index (κ2) is 7.16. The van der Waals surface area contributed by atoms with Gasteiger partial charge in [0.1, 0.15) is 6.04 Å². The van der Waals surface area contributed by atoms with Crippen LogP contribution in [-0.4, -0.2) is 18.6 Å². The average Bonchev–Trinajstić information content (AvgIpc) is 2.05. The van der Waals surface area contributed by atoms with Gasteiger partial charge in [0.15, 0.2) is 0 Å². The minimum atomic E-state index is -1.07. The Morgan fingerprint density at radius 3 is 2.67 bits per heavy atom. The molecule has 0 aromatic heterocycles. The molecule has 0 aromatic carbocycles. The fourth-order valence-corrected chi connectivity index (χ4v) is 0.977. The van der Waals surface area contributed by atoms with Crippen molar-refractivity contribution in [3.05, 3.63) is 0 Å². The Balaban J connectivity index is 3.49. The number of hydrogen-bond acceptors (Lipinski definition) is 5. The summed E-state index contributed by atoms with van der Waals surface area (Å²) in [5.74, 6) is -0.611. The summed E-state index contributed by atoms with van der Waals surface area (Å²) in [6.45, 7) is 0.588. The van der Waals surface area contributed by atoms with Crippen LogP contribution in [0.25, 0.3) is 0 Å². The van der Waals surface area contributed by atoms with E-state index >= 15 is 0 Å². The standard InChI is InChI=1S/C6H14N2O3P/c7-4-2-1-3-5(8)6(9)11-12-10/h5,12H,1-4,7-8H2/q+1/t5-/m0/s1. The molecular weight excluding hydrogens is 179 g/mol. The third-order valence-corrected chi connectivity index (χ3v) is 1.70. The fourth-order valence-electron chi connectivity index (χ4n) is 0.743. The molecule has 12 heavy (non-hydrogen) atoms. The van der Waals surface area contributed by atoms with Gasteiger partial charge in [0, 0.05) is 0 Å². The second-order valence-corrected chi connectivity index (χ2v) is 2.77. The Hall–Kier alpha value is -0.510. The first-order valence-corrected chi connectivity index (χ1v) is 4.57. The molecule has 0 aliphatic heterocycles. The van der Waals surface area contributed by atoms with Crippen molar-refractivity contribution < 1.29 is 13.9 Å². The summed E-state index contributed by atoms with van der Waals surface area (Å²) in [5.41, 5.74) is 10.6. The molecule has 4 N–H and O–H groups in total. The van der Waals surface area contributed by atoms with Crippen molar-refractivity contribution in [1.82, 2.24) is 0 Å². The zero-order valence-corrected chi connectivity index (χ0v) is 7.79. The molecule has 0 radical (unpaired) electrons. The fraction of sp³-hybridized carbons (Fsp3) is 0.833. The van der Waals surface area contributed by atoms with Gasteiger partial charge in [-0.15, -0.1) is 0 Å². The predicted molar refractivity (Wildman–Crippen MR) is 46.0 cm³/mol. The van der Waals surface area contributed by atoms with Crippen LogP contribution in [0, 0.1) is 0 Å². The Bertz CT molecular complexity index is 154. The summed E-state index contributed by atoms with van der Waals surface area (Å²) in [6.07, 6.45) is 2.15. The zero-order chi connectivity index (χ0) is 9.40. The van der Waals surface area contributed by atoms with Gasteiger partial charge in [0.05, 0.1) is 0 Å². The van der Waals surface area contributed by atoms with E-state index in [4.69, 9.17) is 11.5 Å². The summed E-state index contributed by atoms with van der Waals surface area (Å²) in [7, 11) is -1.07. The summed E-state index contributed by atoms with van der Waals surface area (Å²) in [6, 6.07) is -0.669. The Labute approximate surface area is 72.7 Å². The smallest absolute Gasteiger partial charge is 0.330 e. The van der Waals surface area contributed by atoms with Gasteiger partial charge < -0.3 is 11.5 Å². The van der Waals surface area contributed by atoms with Crippen LogP contribution in [0.3, 0.4) is 0 Å². The highest BCUT2D eigenvalue weighted by Gasteiger charge is 2.17. The summed E-state index contributed by atoms with van der Waals surface area (Å²) < 4.78 is 14.1. The van der Waals surface area contributed by atoms with E-state index in [-0.39, 0.29) is 0 Å². The molecule has 2 atom stereocenters. The maximum absolute atomic E-state index is 10.8. The molecule has 0 aliphatic rings. The third kappa shape index (κ3) is 5.18. The summed E-state index contributed by atoms with van der Waals surface area (Å²) in [4.78, 5) is 10.8. The molecule has 0 amide bonds. The van der Waals surface area contributed by atoms with E-state index in [1.165, 1.54) is 0 Å². The van der Waals surface area contributed by atoms with E-state index in [9.17, 15) is 9.36 Å². The van der Waals surface area contributed by atoms with Gasteiger partial charge in [-0.25, -0.2) is 9.32 Å². The number of nitrogens with two attached hydrogens (primary N) is 2. The van der Waals surface area contributed by atoms with Crippen LogP contribution < -0.4 is 11.5 Å². The Kier molecular flexibility index (Phi) is 6.85. The molecule has 0 fully saturated rings. The molecule has 0 spiro atoms. The second-order valence-electron chi connectivity index (χ2n) is 2.40. The average molecular weight is 193 g/mol. The topological polar surface area (TPSA) is 95.4 Å². The highest BCUT2D eigenvalue weighted by Crippen LogP contribution is 2.03. The lowest BCUT2D eigenvalue weighted by Crippen LogP contribution is -2.30. The van der Waals surface area contributed by atoms with Crippen LogP contribution in [-0.2, 0) is 13.9 Å². The first-order chi connectivity index (χ1) is 5.72. The van der Waals surface area contributed by atoms with Crippen molar-refractivity contribution in [2.75, 3.05) is 6.54 Å². The van der Waals surface area contributed by atoms with Crippen molar-refractivity contribution in [3.8, 4) is 0 Å². The molecule has 0 aromatic rings. The van der Waals surface area contributed by atoms with Gasteiger partial charge in [-0.3, -0.25) is 0 Å². The molecule has 6 heteroatoms. The summed E-state index contributed by atoms with van der Waals surface area (Å²) >= 11 is 0. The lowest BCUT2D eigenvalue weighted by atomic mass is 10.1. The molecule has 0 bridgehead atoms. The number of carbonyl (C=O) groups excluding carboxylic acids is 1. The highest BCUT2D eigenvalue weighted by molar-refractivity contribution is 7.18. The molecule has 0 aliphatic carbocycles. The molecular formula is C6H14N2O3P+. The molecule has 0 saturated heterocycles. The van der Waals surface area contributed by atoms with E-state index in [0.717, 1.165) is 12.8 Å². The van der Waals surface area contributed by atoms with Crippen LogP contribution >= 0.6 is 8.69 Å². The van der Waals surface area contributed by atoms with Gasteiger partial charge in [0.2, 0.25) is 0 Å². The van der Waals surface area contributed by atoms with Crippen molar-refractivity contribution in [3.63, 3.8) is 0 Å². The monoisotopic (exact) mass is 193 g/mol. The molecule has 5 nitrogen and oxygen atoms in total. The van der Waals surface area contributed by atoms with Gasteiger partial charge in [-0.2, -0.15) is 0 Å². The number of carbonyl (C=O) groups is 1. The predicted octanol–water partition coefficient (Wildman–Crippen LogP) is -0.0751. The van der Waals surface area contributed by atoms with Crippen LogP contribution in [0.5, 0.6) is 0 Å². The molecule has 0 rings (SSSR count). The lowest BCUT2D eigenvalue weighted by Gasteiger charge is -2.03. The van der Waals surface area contributed by atoms with Crippen LogP contribution in [0.1, 0.15) is 19.3 Å². The maximum atomic E-state index is 10.8. The van der Waals surface area contributed by atoms with Gasteiger partial charge in [-0.1, -0.05) is 6.42 Å². The first-order valence-electron chi connectivity index (χ1n) is 3.76. The largest absolute Gasteiger partial charge is 0.545 e. The van der Waals surface area contributed by atoms with E-state index in [1.54, 1.807) is 0 Å². The van der Waals surface area contributed by atoms with Crippen molar-refractivity contribution in [2.45, 2.75) is 25.3 Å². The van der Waals surface area contributed by atoms with E-state index < -0.39 is 20.7 Å². The highest BCUT2D eigenvalue weighted by atomic mass is 31.1. The Morgan fingerprint density at radius 2 is 2.17 bits per heavy atom.